The Morgan fingerprint density at radius 1 is 1.00 bits per heavy atom. The molecule has 8 heteroatoms. The molecule has 2 N–H and O–H groups in total. The van der Waals surface area contributed by atoms with Gasteiger partial charge in [0.15, 0.2) is 0 Å². The fourth-order valence-electron chi connectivity index (χ4n) is 3.06. The molecule has 0 saturated carbocycles. The maximum atomic E-state index is 12.8. The van der Waals surface area contributed by atoms with Gasteiger partial charge in [-0.3, -0.25) is 14.4 Å². The van der Waals surface area contributed by atoms with Crippen molar-refractivity contribution in [3.05, 3.63) is 47.8 Å². The summed E-state index contributed by atoms with van der Waals surface area (Å²) in [5.41, 5.74) is 1.53. The molecule has 0 bridgehead atoms. The van der Waals surface area contributed by atoms with E-state index in [1.807, 2.05) is 0 Å². The lowest BCUT2D eigenvalue weighted by Crippen LogP contribution is -2.50. The molecular weight excluding hydrogens is 348 g/mol. The summed E-state index contributed by atoms with van der Waals surface area (Å²) in [6.07, 6.45) is 3.38. The van der Waals surface area contributed by atoms with Crippen LogP contribution in [0.3, 0.4) is 0 Å². The van der Waals surface area contributed by atoms with Crippen LogP contribution in [0, 0.1) is 0 Å². The summed E-state index contributed by atoms with van der Waals surface area (Å²) >= 11 is 0. The van der Waals surface area contributed by atoms with Crippen molar-refractivity contribution in [1.82, 2.24) is 14.8 Å². The molecule has 1 aromatic carbocycles. The zero-order chi connectivity index (χ0) is 19.4. The van der Waals surface area contributed by atoms with Crippen LogP contribution < -0.4 is 10.1 Å². The van der Waals surface area contributed by atoms with Gasteiger partial charge in [0.1, 0.15) is 5.75 Å². The van der Waals surface area contributed by atoms with Gasteiger partial charge < -0.3 is 24.8 Å². The largest absolute Gasteiger partial charge is 0.495 e. The van der Waals surface area contributed by atoms with Crippen molar-refractivity contribution in [2.24, 2.45) is 0 Å². The van der Waals surface area contributed by atoms with Crippen molar-refractivity contribution in [1.29, 1.82) is 0 Å². The monoisotopic (exact) mass is 370 g/mol. The van der Waals surface area contributed by atoms with Gasteiger partial charge in [-0.2, -0.15) is 0 Å². The van der Waals surface area contributed by atoms with E-state index in [0.29, 0.717) is 48.7 Å². The van der Waals surface area contributed by atoms with E-state index < -0.39 is 0 Å². The second-order valence-electron chi connectivity index (χ2n) is 6.28. The number of H-pyrrole nitrogens is 1. The summed E-state index contributed by atoms with van der Waals surface area (Å²) in [6, 6.07) is 6.68. The highest BCUT2D eigenvalue weighted by Crippen LogP contribution is 2.26. The molecule has 3 amide bonds. The predicted octanol–water partition coefficient (Wildman–Crippen LogP) is 1.58. The Bertz CT molecular complexity index is 839. The van der Waals surface area contributed by atoms with Gasteiger partial charge >= 0.3 is 0 Å². The molecule has 0 radical (unpaired) electrons. The van der Waals surface area contributed by atoms with Crippen molar-refractivity contribution >= 4 is 23.4 Å². The van der Waals surface area contributed by atoms with E-state index in [-0.39, 0.29) is 17.7 Å². The Kier molecular flexibility index (Phi) is 5.44. The van der Waals surface area contributed by atoms with Crippen LogP contribution in [0.4, 0.5) is 5.69 Å². The summed E-state index contributed by atoms with van der Waals surface area (Å²) in [7, 11) is 1.50. The number of hydrogen-bond donors (Lipinski definition) is 2. The Balaban J connectivity index is 1.67. The van der Waals surface area contributed by atoms with Crippen LogP contribution in [-0.4, -0.2) is 65.8 Å². The normalized spacial score (nSPS) is 14.0. The first-order chi connectivity index (χ1) is 13.0. The summed E-state index contributed by atoms with van der Waals surface area (Å²) in [5, 5.41) is 2.67. The SMILES string of the molecule is COc1ccc(C(=O)N2CCN(C(=O)c3cc[nH]c3)CC2)cc1NC(C)=O. The first-order valence-corrected chi connectivity index (χ1v) is 8.66. The van der Waals surface area contributed by atoms with E-state index in [1.54, 1.807) is 46.5 Å². The lowest BCUT2D eigenvalue weighted by molar-refractivity contribution is -0.114. The minimum atomic E-state index is -0.241. The number of rotatable bonds is 4. The minimum absolute atomic E-state index is 0.0410. The quantitative estimate of drug-likeness (QED) is 0.854. The summed E-state index contributed by atoms with van der Waals surface area (Å²) < 4.78 is 5.22. The Morgan fingerprint density at radius 3 is 2.15 bits per heavy atom. The first-order valence-electron chi connectivity index (χ1n) is 8.66. The van der Waals surface area contributed by atoms with Crippen LogP contribution in [0.2, 0.25) is 0 Å². The standard InChI is InChI=1S/C19H22N4O4/c1-13(24)21-16-11-14(3-4-17(16)27-2)18(25)22-7-9-23(10-8-22)19(26)15-5-6-20-12-15/h3-6,11-12,20H,7-10H2,1-2H3,(H,21,24). The number of anilines is 1. The maximum absolute atomic E-state index is 12.8. The number of hydrogen-bond acceptors (Lipinski definition) is 4. The molecule has 0 spiro atoms. The van der Waals surface area contributed by atoms with Crippen LogP contribution in [0.25, 0.3) is 0 Å². The molecule has 1 fully saturated rings. The van der Waals surface area contributed by atoms with Gasteiger partial charge in [-0.1, -0.05) is 0 Å². The molecule has 1 saturated heterocycles. The molecule has 3 rings (SSSR count). The molecule has 1 aromatic heterocycles. The predicted molar refractivity (Wildman–Crippen MR) is 99.9 cm³/mol. The Morgan fingerprint density at radius 2 is 1.63 bits per heavy atom. The van der Waals surface area contributed by atoms with Crippen LogP contribution in [0.15, 0.2) is 36.7 Å². The number of benzene rings is 1. The van der Waals surface area contributed by atoms with Crippen LogP contribution in [0.5, 0.6) is 5.75 Å². The minimum Gasteiger partial charge on any atom is -0.495 e. The summed E-state index contributed by atoms with van der Waals surface area (Å²) in [4.78, 5) is 42.9. The molecule has 0 unspecified atom stereocenters. The third-order valence-electron chi connectivity index (χ3n) is 4.46. The topological polar surface area (TPSA) is 94.7 Å². The van der Waals surface area contributed by atoms with Crippen LogP contribution in [0.1, 0.15) is 27.6 Å². The number of ether oxygens (including phenoxy) is 1. The second-order valence-corrected chi connectivity index (χ2v) is 6.28. The number of amides is 3. The smallest absolute Gasteiger partial charge is 0.255 e. The van der Waals surface area contributed by atoms with E-state index in [4.69, 9.17) is 4.74 Å². The van der Waals surface area contributed by atoms with Crippen molar-refractivity contribution in [2.45, 2.75) is 6.92 Å². The van der Waals surface area contributed by atoms with E-state index in [2.05, 4.69) is 10.3 Å². The van der Waals surface area contributed by atoms with Gasteiger partial charge in [0.2, 0.25) is 5.91 Å². The highest BCUT2D eigenvalue weighted by Gasteiger charge is 2.26. The van der Waals surface area contributed by atoms with Gasteiger partial charge in [0.05, 0.1) is 18.4 Å². The van der Waals surface area contributed by atoms with Crippen molar-refractivity contribution in [3.63, 3.8) is 0 Å². The first kappa shape index (κ1) is 18.5. The molecule has 0 atom stereocenters. The zero-order valence-corrected chi connectivity index (χ0v) is 15.3. The van der Waals surface area contributed by atoms with Gasteiger partial charge in [0.25, 0.3) is 11.8 Å². The number of carbonyl (C=O) groups excluding carboxylic acids is 3. The molecule has 8 nitrogen and oxygen atoms in total. The molecule has 142 valence electrons. The summed E-state index contributed by atoms with van der Waals surface area (Å²) in [6.45, 7) is 3.26. The van der Waals surface area contributed by atoms with Crippen molar-refractivity contribution < 1.29 is 19.1 Å². The van der Waals surface area contributed by atoms with E-state index in [1.165, 1.54) is 14.0 Å². The average Bonchev–Trinajstić information content (AvgIpc) is 3.21. The number of piperazine rings is 1. The summed E-state index contributed by atoms with van der Waals surface area (Å²) in [5.74, 6) is 0.0668. The van der Waals surface area contributed by atoms with Crippen LogP contribution >= 0.6 is 0 Å². The van der Waals surface area contributed by atoms with Gasteiger partial charge in [0, 0.05) is 51.1 Å². The van der Waals surface area contributed by atoms with E-state index in [9.17, 15) is 14.4 Å². The number of nitrogens with one attached hydrogen (secondary N) is 2. The molecule has 1 aliphatic heterocycles. The lowest BCUT2D eigenvalue weighted by Gasteiger charge is -2.34. The van der Waals surface area contributed by atoms with Crippen molar-refractivity contribution in [3.8, 4) is 5.75 Å². The highest BCUT2D eigenvalue weighted by molar-refractivity contribution is 5.98. The van der Waals surface area contributed by atoms with Crippen LogP contribution in [-0.2, 0) is 4.79 Å². The fraction of sp³-hybridized carbons (Fsp3) is 0.316. The molecule has 1 aliphatic rings. The third-order valence-corrected chi connectivity index (χ3v) is 4.46. The molecular formula is C19H22N4O4. The lowest BCUT2D eigenvalue weighted by atomic mass is 10.1. The number of carbonyl (C=O) groups is 3. The molecule has 27 heavy (non-hydrogen) atoms. The van der Waals surface area contributed by atoms with Crippen molar-refractivity contribution in [2.75, 3.05) is 38.6 Å². The number of aromatic nitrogens is 1. The molecule has 0 aliphatic carbocycles. The van der Waals surface area contributed by atoms with E-state index >= 15 is 0 Å². The van der Waals surface area contributed by atoms with Gasteiger partial charge in [-0.15, -0.1) is 0 Å². The number of nitrogens with zero attached hydrogens (tertiary/aromatic N) is 2. The second kappa shape index (κ2) is 7.94. The average molecular weight is 370 g/mol. The maximum Gasteiger partial charge on any atom is 0.255 e. The molecule has 2 aromatic rings. The highest BCUT2D eigenvalue weighted by atomic mass is 16.5. The Hall–Kier alpha value is -3.29. The third kappa shape index (κ3) is 4.11. The number of aromatic amines is 1. The molecule has 2 heterocycles. The zero-order valence-electron chi connectivity index (χ0n) is 15.3. The van der Waals surface area contributed by atoms with Gasteiger partial charge in [-0.05, 0) is 24.3 Å². The van der Waals surface area contributed by atoms with Gasteiger partial charge in [-0.25, -0.2) is 0 Å². The Labute approximate surface area is 157 Å². The van der Waals surface area contributed by atoms with E-state index in [0.717, 1.165) is 0 Å². The number of methoxy groups -OCH3 is 1. The fourth-order valence-corrected chi connectivity index (χ4v) is 3.06.